The summed E-state index contributed by atoms with van der Waals surface area (Å²) in [6.45, 7) is 0. The van der Waals surface area contributed by atoms with Crippen molar-refractivity contribution >= 4 is 22.1 Å². The van der Waals surface area contributed by atoms with Crippen LogP contribution in [0.3, 0.4) is 0 Å². The van der Waals surface area contributed by atoms with Gasteiger partial charge in [0.2, 0.25) is 0 Å². The quantitative estimate of drug-likeness (QED) is 0.511. The Hall–Kier alpha value is -1.23. The zero-order chi connectivity index (χ0) is 10.6. The molecule has 14 heavy (non-hydrogen) atoms. The number of halogens is 1. The first kappa shape index (κ1) is 10.8. The summed E-state index contributed by atoms with van der Waals surface area (Å²) < 4.78 is 11.1. The topological polar surface area (TPSA) is 56.8 Å². The second kappa shape index (κ2) is 4.85. The van der Waals surface area contributed by atoms with Crippen molar-refractivity contribution in [3.8, 4) is 11.5 Å². The molecule has 1 aromatic carbocycles. The number of hydrogen-bond acceptors (Lipinski definition) is 4. The lowest BCUT2D eigenvalue weighted by Crippen LogP contribution is -1.94. The molecule has 76 valence electrons. The second-order valence-corrected chi connectivity index (χ2v) is 3.36. The van der Waals surface area contributed by atoms with Crippen LogP contribution in [-0.4, -0.2) is 20.4 Å². The van der Waals surface area contributed by atoms with Crippen molar-refractivity contribution in [3.63, 3.8) is 0 Å². The fourth-order valence-corrected chi connectivity index (χ4v) is 1.47. The summed E-state index contributed by atoms with van der Waals surface area (Å²) in [7, 11) is 3.16. The lowest BCUT2D eigenvalue weighted by Gasteiger charge is -2.09. The first-order valence-corrected chi connectivity index (χ1v) is 4.67. The van der Waals surface area contributed by atoms with Crippen molar-refractivity contribution in [3.05, 3.63) is 22.2 Å². The SMILES string of the molecule is COc1cc(Br)c(/C=N/N)cc1OC. The molecular formula is C9H11BrN2O2. The summed E-state index contributed by atoms with van der Waals surface area (Å²) in [5.41, 5.74) is 0.838. The molecule has 0 aliphatic carbocycles. The van der Waals surface area contributed by atoms with Crippen LogP contribution < -0.4 is 15.3 Å². The summed E-state index contributed by atoms with van der Waals surface area (Å²) in [6, 6.07) is 3.59. The molecule has 4 nitrogen and oxygen atoms in total. The number of nitrogens with zero attached hydrogens (tertiary/aromatic N) is 1. The van der Waals surface area contributed by atoms with E-state index in [4.69, 9.17) is 15.3 Å². The van der Waals surface area contributed by atoms with E-state index in [0.717, 1.165) is 10.0 Å². The zero-order valence-electron chi connectivity index (χ0n) is 7.95. The van der Waals surface area contributed by atoms with Crippen LogP contribution in [-0.2, 0) is 0 Å². The molecule has 0 bridgehead atoms. The minimum absolute atomic E-state index is 0.644. The maximum absolute atomic E-state index is 5.13. The van der Waals surface area contributed by atoms with Crippen molar-refractivity contribution in [2.45, 2.75) is 0 Å². The second-order valence-electron chi connectivity index (χ2n) is 2.51. The Bertz CT molecular complexity index is 353. The van der Waals surface area contributed by atoms with Crippen LogP contribution in [0.25, 0.3) is 0 Å². The van der Waals surface area contributed by atoms with Crippen LogP contribution >= 0.6 is 15.9 Å². The highest BCUT2D eigenvalue weighted by Gasteiger charge is 2.07. The van der Waals surface area contributed by atoms with E-state index in [1.165, 1.54) is 6.21 Å². The van der Waals surface area contributed by atoms with Gasteiger partial charge in [-0.1, -0.05) is 0 Å². The number of ether oxygens (including phenoxy) is 2. The maximum Gasteiger partial charge on any atom is 0.161 e. The molecular weight excluding hydrogens is 248 g/mol. The lowest BCUT2D eigenvalue weighted by molar-refractivity contribution is 0.354. The zero-order valence-corrected chi connectivity index (χ0v) is 9.54. The summed E-state index contributed by atoms with van der Waals surface area (Å²) in [4.78, 5) is 0. The van der Waals surface area contributed by atoms with E-state index in [1.807, 2.05) is 0 Å². The highest BCUT2D eigenvalue weighted by Crippen LogP contribution is 2.32. The Morgan fingerprint density at radius 3 is 2.36 bits per heavy atom. The molecule has 0 aliphatic rings. The van der Waals surface area contributed by atoms with E-state index < -0.39 is 0 Å². The van der Waals surface area contributed by atoms with Crippen LogP contribution in [0.5, 0.6) is 11.5 Å². The third kappa shape index (κ3) is 2.17. The summed E-state index contributed by atoms with van der Waals surface area (Å²) in [5.74, 6) is 6.37. The first-order chi connectivity index (χ1) is 6.72. The number of benzene rings is 1. The molecule has 0 heterocycles. The van der Waals surface area contributed by atoms with Crippen molar-refractivity contribution in [2.75, 3.05) is 14.2 Å². The lowest BCUT2D eigenvalue weighted by atomic mass is 10.2. The number of rotatable bonds is 3. The third-order valence-electron chi connectivity index (χ3n) is 1.72. The molecule has 0 saturated carbocycles. The third-order valence-corrected chi connectivity index (χ3v) is 2.40. The Labute approximate surface area is 90.8 Å². The minimum atomic E-state index is 0.644. The van der Waals surface area contributed by atoms with E-state index in [-0.39, 0.29) is 0 Å². The molecule has 0 aliphatic heterocycles. The highest BCUT2D eigenvalue weighted by atomic mass is 79.9. The Kier molecular flexibility index (Phi) is 3.76. The molecule has 0 radical (unpaired) electrons. The van der Waals surface area contributed by atoms with E-state index in [1.54, 1.807) is 26.4 Å². The van der Waals surface area contributed by atoms with Gasteiger partial charge in [-0.15, -0.1) is 0 Å². The average molecular weight is 259 g/mol. The van der Waals surface area contributed by atoms with Crippen molar-refractivity contribution in [1.82, 2.24) is 0 Å². The number of hydrogen-bond donors (Lipinski definition) is 1. The Balaban J connectivity index is 3.23. The molecule has 2 N–H and O–H groups in total. The van der Waals surface area contributed by atoms with Crippen LogP contribution in [0.15, 0.2) is 21.7 Å². The van der Waals surface area contributed by atoms with Crippen LogP contribution in [0.2, 0.25) is 0 Å². The molecule has 0 atom stereocenters. The number of hydrazone groups is 1. The van der Waals surface area contributed by atoms with Crippen molar-refractivity contribution < 1.29 is 9.47 Å². The molecule has 5 heteroatoms. The average Bonchev–Trinajstić information content (AvgIpc) is 2.20. The van der Waals surface area contributed by atoms with Gasteiger partial charge >= 0.3 is 0 Å². The van der Waals surface area contributed by atoms with Crippen LogP contribution in [0, 0.1) is 0 Å². The van der Waals surface area contributed by atoms with Gasteiger partial charge in [0.25, 0.3) is 0 Å². The van der Waals surface area contributed by atoms with Gasteiger partial charge < -0.3 is 15.3 Å². The fourth-order valence-electron chi connectivity index (χ4n) is 1.05. The molecule has 0 saturated heterocycles. The summed E-state index contributed by atoms with van der Waals surface area (Å²) in [5, 5.41) is 3.45. The van der Waals surface area contributed by atoms with Gasteiger partial charge in [0.05, 0.1) is 20.4 Å². The number of methoxy groups -OCH3 is 2. The normalized spacial score (nSPS) is 10.5. The van der Waals surface area contributed by atoms with Crippen LogP contribution in [0.1, 0.15) is 5.56 Å². The van der Waals surface area contributed by atoms with Crippen LogP contribution in [0.4, 0.5) is 0 Å². The predicted octanol–water partition coefficient (Wildman–Crippen LogP) is 1.76. The molecule has 0 unspecified atom stereocenters. The Morgan fingerprint density at radius 1 is 1.29 bits per heavy atom. The molecule has 0 aromatic heterocycles. The van der Waals surface area contributed by atoms with Gasteiger partial charge in [0, 0.05) is 10.0 Å². The highest BCUT2D eigenvalue weighted by molar-refractivity contribution is 9.10. The predicted molar refractivity (Wildman–Crippen MR) is 59.0 cm³/mol. The van der Waals surface area contributed by atoms with Gasteiger partial charge in [-0.2, -0.15) is 5.10 Å². The van der Waals surface area contributed by atoms with E-state index in [9.17, 15) is 0 Å². The summed E-state index contributed by atoms with van der Waals surface area (Å²) >= 11 is 3.37. The smallest absolute Gasteiger partial charge is 0.161 e. The van der Waals surface area contributed by atoms with Gasteiger partial charge in [0.15, 0.2) is 11.5 Å². The van der Waals surface area contributed by atoms with Crippen molar-refractivity contribution in [2.24, 2.45) is 10.9 Å². The van der Waals surface area contributed by atoms with Crippen molar-refractivity contribution in [1.29, 1.82) is 0 Å². The van der Waals surface area contributed by atoms with Gasteiger partial charge in [-0.25, -0.2) is 0 Å². The first-order valence-electron chi connectivity index (χ1n) is 3.87. The van der Waals surface area contributed by atoms with Gasteiger partial charge in [-0.05, 0) is 28.1 Å². The molecule has 0 fully saturated rings. The molecule has 1 aromatic rings. The molecule has 1 rings (SSSR count). The molecule has 0 amide bonds. The van der Waals surface area contributed by atoms with E-state index in [2.05, 4.69) is 21.0 Å². The Morgan fingerprint density at radius 2 is 1.86 bits per heavy atom. The summed E-state index contributed by atoms with van der Waals surface area (Å²) in [6.07, 6.45) is 1.53. The van der Waals surface area contributed by atoms with Gasteiger partial charge in [-0.3, -0.25) is 0 Å². The number of nitrogens with two attached hydrogens (primary N) is 1. The monoisotopic (exact) mass is 258 g/mol. The largest absolute Gasteiger partial charge is 0.493 e. The fraction of sp³-hybridized carbons (Fsp3) is 0.222. The van der Waals surface area contributed by atoms with Gasteiger partial charge in [0.1, 0.15) is 0 Å². The van der Waals surface area contributed by atoms with E-state index in [0.29, 0.717) is 11.5 Å². The molecule has 0 spiro atoms. The standard InChI is InChI=1S/C9H11BrN2O2/c1-13-8-3-6(5-12-11)7(10)4-9(8)14-2/h3-5H,11H2,1-2H3/b12-5+. The van der Waals surface area contributed by atoms with E-state index >= 15 is 0 Å². The minimum Gasteiger partial charge on any atom is -0.493 e. The maximum atomic E-state index is 5.13.